The lowest BCUT2D eigenvalue weighted by atomic mass is 9.71. The van der Waals surface area contributed by atoms with Crippen LogP contribution in [-0.2, 0) is 9.78 Å². The summed E-state index contributed by atoms with van der Waals surface area (Å²) in [5.74, 6) is 1.99. The molecule has 3 atom stereocenters. The van der Waals surface area contributed by atoms with Gasteiger partial charge < -0.3 is 0 Å². The maximum absolute atomic E-state index is 5.16. The summed E-state index contributed by atoms with van der Waals surface area (Å²) in [6.45, 7) is 1.69. The fourth-order valence-electron chi connectivity index (χ4n) is 3.58. The van der Waals surface area contributed by atoms with Crippen molar-refractivity contribution in [2.45, 2.75) is 32.1 Å². The Bertz CT molecular complexity index is 184. The summed E-state index contributed by atoms with van der Waals surface area (Å²) in [5.41, 5.74) is 0.543. The lowest BCUT2D eigenvalue weighted by Crippen LogP contribution is -2.37. The molecular weight excluding hydrogens is 152 g/mol. The van der Waals surface area contributed by atoms with Crippen LogP contribution >= 0.6 is 0 Å². The zero-order valence-corrected chi connectivity index (χ0v) is 7.42. The first-order valence-electron chi connectivity index (χ1n) is 5.13. The molecule has 68 valence electrons. The summed E-state index contributed by atoms with van der Waals surface area (Å²) in [6.07, 6.45) is 7.07. The van der Waals surface area contributed by atoms with Gasteiger partial charge >= 0.3 is 0 Å². The first-order valence-corrected chi connectivity index (χ1v) is 5.13. The van der Waals surface area contributed by atoms with Crippen molar-refractivity contribution in [3.63, 3.8) is 0 Å². The van der Waals surface area contributed by atoms with Gasteiger partial charge in [-0.2, -0.15) is 0 Å². The van der Waals surface area contributed by atoms with Gasteiger partial charge in [0.25, 0.3) is 0 Å². The normalized spacial score (nSPS) is 52.0. The second-order valence-corrected chi connectivity index (χ2v) is 4.78. The number of hydrogen-bond acceptors (Lipinski definition) is 2. The van der Waals surface area contributed by atoms with Crippen LogP contribution in [0.1, 0.15) is 32.1 Å². The molecule has 1 saturated heterocycles. The third-order valence-electron chi connectivity index (χ3n) is 4.22. The molecule has 0 N–H and O–H groups in total. The van der Waals surface area contributed by atoms with E-state index in [1.165, 1.54) is 32.1 Å². The Morgan fingerprint density at radius 1 is 1.17 bits per heavy atom. The zero-order chi connectivity index (χ0) is 8.02. The molecule has 2 saturated carbocycles. The third-order valence-corrected chi connectivity index (χ3v) is 4.22. The van der Waals surface area contributed by atoms with Crippen molar-refractivity contribution >= 4 is 0 Å². The highest BCUT2D eigenvalue weighted by Crippen LogP contribution is 2.58. The molecule has 2 heteroatoms. The predicted molar refractivity (Wildman–Crippen MR) is 44.4 cm³/mol. The molecule has 1 aliphatic heterocycles. The Kier molecular flexibility index (Phi) is 1.50. The molecule has 1 spiro atoms. The quantitative estimate of drug-likeness (QED) is 0.516. The molecule has 3 aliphatic rings. The molecule has 2 nitrogen and oxygen atoms in total. The lowest BCUT2D eigenvalue weighted by Gasteiger charge is -2.39. The summed E-state index contributed by atoms with van der Waals surface area (Å²) in [5, 5.41) is 0. The van der Waals surface area contributed by atoms with Gasteiger partial charge in [0, 0.05) is 5.41 Å². The van der Waals surface area contributed by atoms with E-state index in [2.05, 4.69) is 0 Å². The van der Waals surface area contributed by atoms with Gasteiger partial charge in [0.1, 0.15) is 0 Å². The maximum Gasteiger partial charge on any atom is 0.0882 e. The second kappa shape index (κ2) is 2.46. The largest absolute Gasteiger partial charge is 0.237 e. The van der Waals surface area contributed by atoms with E-state index < -0.39 is 0 Å². The molecule has 0 aromatic carbocycles. The molecule has 12 heavy (non-hydrogen) atoms. The number of hydrogen-bond donors (Lipinski definition) is 0. The van der Waals surface area contributed by atoms with Gasteiger partial charge in [-0.15, -0.1) is 0 Å². The van der Waals surface area contributed by atoms with E-state index in [1.54, 1.807) is 0 Å². The van der Waals surface area contributed by atoms with Crippen molar-refractivity contribution < 1.29 is 9.78 Å². The molecule has 2 aliphatic carbocycles. The van der Waals surface area contributed by atoms with Crippen LogP contribution in [0.5, 0.6) is 0 Å². The monoisotopic (exact) mass is 168 g/mol. The van der Waals surface area contributed by atoms with Crippen molar-refractivity contribution in [2.24, 2.45) is 17.3 Å². The first-order chi connectivity index (χ1) is 5.89. The smallest absolute Gasteiger partial charge is 0.0882 e. The van der Waals surface area contributed by atoms with E-state index in [9.17, 15) is 0 Å². The molecular formula is C10H16O2. The van der Waals surface area contributed by atoms with Crippen LogP contribution in [0.15, 0.2) is 0 Å². The zero-order valence-electron chi connectivity index (χ0n) is 7.42. The second-order valence-electron chi connectivity index (χ2n) is 4.78. The van der Waals surface area contributed by atoms with E-state index >= 15 is 0 Å². The minimum Gasteiger partial charge on any atom is -0.237 e. The first kappa shape index (κ1) is 7.34. The summed E-state index contributed by atoms with van der Waals surface area (Å²) < 4.78 is 0. The van der Waals surface area contributed by atoms with Crippen LogP contribution in [-0.4, -0.2) is 13.2 Å². The summed E-state index contributed by atoms with van der Waals surface area (Å²) in [7, 11) is 0. The predicted octanol–water partition coefficient (Wildman–Crippen LogP) is 2.14. The average molecular weight is 168 g/mol. The standard InChI is InChI=1S/C10H16O2/c1-2-9-5-8(1)6-10(9)3-4-11-12-7-10/h8-9H,1-7H2. The molecule has 0 aromatic rings. The Morgan fingerprint density at radius 3 is 2.75 bits per heavy atom. The highest BCUT2D eigenvalue weighted by Gasteiger charge is 2.51. The SMILES string of the molecule is C1CC2(COO1)CC1CCC2C1. The van der Waals surface area contributed by atoms with E-state index in [0.717, 1.165) is 25.0 Å². The van der Waals surface area contributed by atoms with Gasteiger partial charge in [0.05, 0.1) is 13.2 Å². The molecule has 1 heterocycles. The van der Waals surface area contributed by atoms with Crippen molar-refractivity contribution in [3.8, 4) is 0 Å². The van der Waals surface area contributed by atoms with Crippen LogP contribution in [0.4, 0.5) is 0 Å². The van der Waals surface area contributed by atoms with Crippen molar-refractivity contribution in [3.05, 3.63) is 0 Å². The summed E-state index contributed by atoms with van der Waals surface area (Å²) in [4.78, 5) is 10.1. The third kappa shape index (κ3) is 0.882. The van der Waals surface area contributed by atoms with Crippen LogP contribution in [0.25, 0.3) is 0 Å². The molecule has 3 unspecified atom stereocenters. The average Bonchev–Trinajstić information content (AvgIpc) is 2.65. The van der Waals surface area contributed by atoms with Crippen molar-refractivity contribution in [1.29, 1.82) is 0 Å². The Hall–Kier alpha value is -0.0800. The molecule has 0 aromatic heterocycles. The van der Waals surface area contributed by atoms with E-state index in [4.69, 9.17) is 9.78 Å². The maximum atomic E-state index is 5.16. The molecule has 3 rings (SSSR count). The number of rotatable bonds is 0. The molecule has 0 amide bonds. The summed E-state index contributed by atoms with van der Waals surface area (Å²) >= 11 is 0. The van der Waals surface area contributed by atoms with Crippen molar-refractivity contribution in [1.82, 2.24) is 0 Å². The topological polar surface area (TPSA) is 18.5 Å². The van der Waals surface area contributed by atoms with Gasteiger partial charge in [-0.3, -0.25) is 0 Å². The van der Waals surface area contributed by atoms with Gasteiger partial charge in [0.15, 0.2) is 0 Å². The van der Waals surface area contributed by atoms with E-state index in [0.29, 0.717) is 5.41 Å². The van der Waals surface area contributed by atoms with Crippen molar-refractivity contribution in [2.75, 3.05) is 13.2 Å². The summed E-state index contributed by atoms with van der Waals surface area (Å²) in [6, 6.07) is 0. The Morgan fingerprint density at radius 2 is 2.17 bits per heavy atom. The van der Waals surface area contributed by atoms with Crippen LogP contribution in [0, 0.1) is 17.3 Å². The van der Waals surface area contributed by atoms with Gasteiger partial charge in [-0.25, -0.2) is 9.78 Å². The van der Waals surface area contributed by atoms with Crippen LogP contribution in [0.3, 0.4) is 0 Å². The van der Waals surface area contributed by atoms with E-state index in [1.807, 2.05) is 0 Å². The van der Waals surface area contributed by atoms with Gasteiger partial charge in [0.2, 0.25) is 0 Å². The molecule has 0 radical (unpaired) electrons. The van der Waals surface area contributed by atoms with E-state index in [-0.39, 0.29) is 0 Å². The fourth-order valence-corrected chi connectivity index (χ4v) is 3.58. The Labute approximate surface area is 73.2 Å². The number of fused-ring (bicyclic) bond motifs is 3. The highest BCUT2D eigenvalue weighted by molar-refractivity contribution is 5.00. The van der Waals surface area contributed by atoms with Crippen LogP contribution in [0.2, 0.25) is 0 Å². The lowest BCUT2D eigenvalue weighted by molar-refractivity contribution is -0.344. The minimum atomic E-state index is 0.543. The minimum absolute atomic E-state index is 0.543. The van der Waals surface area contributed by atoms with Gasteiger partial charge in [-0.1, -0.05) is 6.42 Å². The molecule has 2 bridgehead atoms. The molecule has 3 fully saturated rings. The fraction of sp³-hybridized carbons (Fsp3) is 1.00. The van der Waals surface area contributed by atoms with Crippen LogP contribution < -0.4 is 0 Å². The Balaban J connectivity index is 1.81. The van der Waals surface area contributed by atoms with Gasteiger partial charge in [-0.05, 0) is 37.5 Å². The highest BCUT2D eigenvalue weighted by atomic mass is 17.2.